The Balaban J connectivity index is 2.01. The summed E-state index contributed by atoms with van der Waals surface area (Å²) in [5.41, 5.74) is 0. The summed E-state index contributed by atoms with van der Waals surface area (Å²) in [6, 6.07) is 0.137. The van der Waals surface area contributed by atoms with Crippen LogP contribution in [0.15, 0.2) is 6.33 Å². The van der Waals surface area contributed by atoms with Crippen molar-refractivity contribution >= 4 is 5.97 Å². The number of hydrogen-bond donors (Lipinski definition) is 1. The SMILES string of the molecule is Cn1cnnc1CN1CCCCC1CC(=O)O. The molecule has 1 N–H and O–H groups in total. The first-order chi connectivity index (χ1) is 8.16. The average molecular weight is 238 g/mol. The Labute approximate surface area is 100 Å². The van der Waals surface area contributed by atoms with Gasteiger partial charge in [0.1, 0.15) is 12.2 Å². The van der Waals surface area contributed by atoms with Gasteiger partial charge in [-0.05, 0) is 19.4 Å². The molecular formula is C11H18N4O2. The third kappa shape index (κ3) is 3.03. The van der Waals surface area contributed by atoms with Crippen LogP contribution in [0.3, 0.4) is 0 Å². The molecule has 0 spiro atoms. The first-order valence-electron chi connectivity index (χ1n) is 5.95. The lowest BCUT2D eigenvalue weighted by Gasteiger charge is -2.34. The summed E-state index contributed by atoms with van der Waals surface area (Å²) in [6.45, 7) is 1.64. The number of carbonyl (C=O) groups is 1. The molecular weight excluding hydrogens is 220 g/mol. The molecule has 0 radical (unpaired) electrons. The molecule has 6 nitrogen and oxygen atoms in total. The molecule has 1 aliphatic heterocycles. The number of aromatic nitrogens is 3. The van der Waals surface area contributed by atoms with Crippen molar-refractivity contribution in [3.05, 3.63) is 12.2 Å². The van der Waals surface area contributed by atoms with Gasteiger partial charge in [0.05, 0.1) is 13.0 Å². The van der Waals surface area contributed by atoms with Crippen LogP contribution in [0.25, 0.3) is 0 Å². The Kier molecular flexibility index (Phi) is 3.73. The van der Waals surface area contributed by atoms with E-state index in [4.69, 9.17) is 5.11 Å². The van der Waals surface area contributed by atoms with Gasteiger partial charge in [-0.3, -0.25) is 9.69 Å². The number of likely N-dealkylation sites (tertiary alicyclic amines) is 1. The van der Waals surface area contributed by atoms with Gasteiger partial charge in [-0.15, -0.1) is 10.2 Å². The topological polar surface area (TPSA) is 71.2 Å². The predicted molar refractivity (Wildman–Crippen MR) is 61.3 cm³/mol. The first-order valence-corrected chi connectivity index (χ1v) is 5.95. The molecule has 1 atom stereocenters. The number of aryl methyl sites for hydroxylation is 1. The van der Waals surface area contributed by atoms with E-state index in [0.29, 0.717) is 6.54 Å². The molecule has 0 amide bonds. The molecule has 17 heavy (non-hydrogen) atoms. The predicted octanol–water partition coefficient (Wildman–Crippen LogP) is 0.644. The van der Waals surface area contributed by atoms with Crippen LogP contribution < -0.4 is 0 Å². The number of carboxylic acids is 1. The van der Waals surface area contributed by atoms with Crippen molar-refractivity contribution in [3.8, 4) is 0 Å². The van der Waals surface area contributed by atoms with Gasteiger partial charge in [0, 0.05) is 13.1 Å². The van der Waals surface area contributed by atoms with Gasteiger partial charge in [-0.25, -0.2) is 0 Å². The lowest BCUT2D eigenvalue weighted by atomic mass is 9.99. The fraction of sp³-hybridized carbons (Fsp3) is 0.727. The minimum Gasteiger partial charge on any atom is -0.481 e. The zero-order valence-electron chi connectivity index (χ0n) is 10.0. The van der Waals surface area contributed by atoms with Crippen molar-refractivity contribution in [2.24, 2.45) is 7.05 Å². The minimum atomic E-state index is -0.722. The fourth-order valence-corrected chi connectivity index (χ4v) is 2.33. The largest absolute Gasteiger partial charge is 0.481 e. The molecule has 0 saturated carbocycles. The van der Waals surface area contributed by atoms with Gasteiger partial charge in [-0.2, -0.15) is 0 Å². The number of rotatable bonds is 4. The average Bonchev–Trinajstić information content (AvgIpc) is 2.67. The van der Waals surface area contributed by atoms with Crippen molar-refractivity contribution in [3.63, 3.8) is 0 Å². The number of piperidine rings is 1. The smallest absolute Gasteiger partial charge is 0.304 e. The maximum absolute atomic E-state index is 10.8. The fourth-order valence-electron chi connectivity index (χ4n) is 2.33. The van der Waals surface area contributed by atoms with E-state index >= 15 is 0 Å². The van der Waals surface area contributed by atoms with Gasteiger partial charge in [-0.1, -0.05) is 6.42 Å². The molecule has 2 heterocycles. The monoisotopic (exact) mass is 238 g/mol. The van der Waals surface area contributed by atoms with E-state index in [1.807, 2.05) is 11.6 Å². The molecule has 1 aromatic rings. The third-order valence-electron chi connectivity index (χ3n) is 3.31. The highest BCUT2D eigenvalue weighted by Gasteiger charge is 2.25. The molecule has 0 bridgehead atoms. The zero-order valence-corrected chi connectivity index (χ0v) is 10.0. The van der Waals surface area contributed by atoms with Gasteiger partial charge < -0.3 is 9.67 Å². The van der Waals surface area contributed by atoms with Crippen LogP contribution in [0.2, 0.25) is 0 Å². The summed E-state index contributed by atoms with van der Waals surface area (Å²) >= 11 is 0. The Hall–Kier alpha value is -1.43. The molecule has 0 aromatic carbocycles. The summed E-state index contributed by atoms with van der Waals surface area (Å²) in [4.78, 5) is 13.0. The molecule has 1 aliphatic rings. The molecule has 1 aromatic heterocycles. The lowest BCUT2D eigenvalue weighted by molar-refractivity contribution is -0.138. The summed E-state index contributed by atoms with van der Waals surface area (Å²) in [5.74, 6) is 0.169. The molecule has 1 unspecified atom stereocenters. The molecule has 2 rings (SSSR count). The van der Waals surface area contributed by atoms with E-state index in [-0.39, 0.29) is 12.5 Å². The second-order valence-corrected chi connectivity index (χ2v) is 4.58. The van der Waals surface area contributed by atoms with E-state index < -0.39 is 5.97 Å². The number of hydrogen-bond acceptors (Lipinski definition) is 4. The Bertz CT molecular complexity index is 391. The Morgan fingerprint density at radius 3 is 3.06 bits per heavy atom. The Morgan fingerprint density at radius 1 is 1.59 bits per heavy atom. The molecule has 1 saturated heterocycles. The van der Waals surface area contributed by atoms with Crippen LogP contribution in [-0.2, 0) is 18.4 Å². The number of nitrogens with zero attached hydrogens (tertiary/aromatic N) is 4. The highest BCUT2D eigenvalue weighted by Crippen LogP contribution is 2.21. The van der Waals surface area contributed by atoms with Crippen LogP contribution >= 0.6 is 0 Å². The normalized spacial score (nSPS) is 21.6. The van der Waals surface area contributed by atoms with Crippen molar-refractivity contribution in [2.45, 2.75) is 38.3 Å². The second-order valence-electron chi connectivity index (χ2n) is 4.58. The first kappa shape index (κ1) is 12.0. The van der Waals surface area contributed by atoms with Crippen LogP contribution in [0.4, 0.5) is 0 Å². The molecule has 6 heteroatoms. The van der Waals surface area contributed by atoms with E-state index in [1.54, 1.807) is 6.33 Å². The number of aliphatic carboxylic acids is 1. The van der Waals surface area contributed by atoms with Gasteiger partial charge in [0.15, 0.2) is 0 Å². The quantitative estimate of drug-likeness (QED) is 0.833. The molecule has 94 valence electrons. The van der Waals surface area contributed by atoms with E-state index in [9.17, 15) is 4.79 Å². The Morgan fingerprint density at radius 2 is 2.41 bits per heavy atom. The summed E-state index contributed by atoms with van der Waals surface area (Å²) < 4.78 is 1.88. The standard InChI is InChI=1S/C11H18N4O2/c1-14-8-12-13-10(14)7-15-5-3-2-4-9(15)6-11(16)17/h8-9H,2-7H2,1H3,(H,16,17). The number of carboxylic acid groups (broad SMARTS) is 1. The van der Waals surface area contributed by atoms with E-state index in [0.717, 1.165) is 31.6 Å². The van der Waals surface area contributed by atoms with Crippen LogP contribution in [0, 0.1) is 0 Å². The van der Waals surface area contributed by atoms with Crippen LogP contribution in [-0.4, -0.2) is 43.3 Å². The maximum atomic E-state index is 10.8. The van der Waals surface area contributed by atoms with Crippen molar-refractivity contribution in [1.29, 1.82) is 0 Å². The van der Waals surface area contributed by atoms with Crippen LogP contribution in [0.1, 0.15) is 31.5 Å². The van der Waals surface area contributed by atoms with Crippen LogP contribution in [0.5, 0.6) is 0 Å². The van der Waals surface area contributed by atoms with E-state index in [2.05, 4.69) is 15.1 Å². The van der Waals surface area contributed by atoms with Gasteiger partial charge in [0.2, 0.25) is 0 Å². The minimum absolute atomic E-state index is 0.137. The van der Waals surface area contributed by atoms with Crippen molar-refractivity contribution in [1.82, 2.24) is 19.7 Å². The van der Waals surface area contributed by atoms with Crippen molar-refractivity contribution in [2.75, 3.05) is 6.54 Å². The summed E-state index contributed by atoms with van der Waals surface area (Å²) in [7, 11) is 1.91. The summed E-state index contributed by atoms with van der Waals surface area (Å²) in [5, 5.41) is 16.8. The highest BCUT2D eigenvalue weighted by molar-refractivity contribution is 5.67. The third-order valence-corrected chi connectivity index (χ3v) is 3.31. The highest BCUT2D eigenvalue weighted by atomic mass is 16.4. The lowest BCUT2D eigenvalue weighted by Crippen LogP contribution is -2.40. The van der Waals surface area contributed by atoms with Gasteiger partial charge in [0.25, 0.3) is 0 Å². The zero-order chi connectivity index (χ0) is 12.3. The van der Waals surface area contributed by atoms with Gasteiger partial charge >= 0.3 is 5.97 Å². The molecule has 0 aliphatic carbocycles. The maximum Gasteiger partial charge on any atom is 0.304 e. The molecule has 1 fully saturated rings. The van der Waals surface area contributed by atoms with Crippen molar-refractivity contribution < 1.29 is 9.90 Å². The van der Waals surface area contributed by atoms with E-state index in [1.165, 1.54) is 0 Å². The second kappa shape index (κ2) is 5.27. The summed E-state index contributed by atoms with van der Waals surface area (Å²) in [6.07, 6.45) is 5.11.